The van der Waals surface area contributed by atoms with Crippen LogP contribution in [0.25, 0.3) is 5.70 Å². The largest absolute Gasteiger partial charge is 0.495 e. The summed E-state index contributed by atoms with van der Waals surface area (Å²) in [6.07, 6.45) is 6.66. The van der Waals surface area contributed by atoms with Crippen LogP contribution in [0.3, 0.4) is 0 Å². The number of hydrogen-bond acceptors (Lipinski definition) is 3. The van der Waals surface area contributed by atoms with Crippen molar-refractivity contribution >= 4 is 35.4 Å². The molecule has 3 nitrogen and oxygen atoms in total. The molecule has 0 saturated heterocycles. The van der Waals surface area contributed by atoms with E-state index in [4.69, 9.17) is 16.3 Å². The summed E-state index contributed by atoms with van der Waals surface area (Å²) in [4.78, 5) is 4.39. The van der Waals surface area contributed by atoms with E-state index in [-0.39, 0.29) is 5.82 Å². The lowest BCUT2D eigenvalue weighted by Gasteiger charge is -2.08. The molecule has 0 aliphatic rings. The first kappa shape index (κ1) is 20.1. The van der Waals surface area contributed by atoms with Crippen molar-refractivity contribution in [3.05, 3.63) is 76.3 Å². The molecule has 6 heteroatoms. The van der Waals surface area contributed by atoms with Gasteiger partial charge in [0.2, 0.25) is 0 Å². The molecule has 24 heavy (non-hydrogen) atoms. The highest BCUT2D eigenvalue weighted by molar-refractivity contribution is 8.01. The summed E-state index contributed by atoms with van der Waals surface area (Å²) in [5, 5.41) is 5.39. The zero-order valence-electron chi connectivity index (χ0n) is 13.8. The molecule has 0 spiro atoms. The fraction of sp³-hybridized carbons (Fsp3) is 0.167. The normalized spacial score (nSPS) is 13.7. The summed E-state index contributed by atoms with van der Waals surface area (Å²) >= 11 is 7.44. The van der Waals surface area contributed by atoms with Crippen molar-refractivity contribution in [3.63, 3.8) is 0 Å². The molecule has 0 saturated carbocycles. The van der Waals surface area contributed by atoms with Gasteiger partial charge in [-0.2, -0.15) is 0 Å². The van der Waals surface area contributed by atoms with Crippen molar-refractivity contribution in [2.24, 2.45) is 4.99 Å². The Morgan fingerprint density at radius 3 is 2.58 bits per heavy atom. The third-order valence-electron chi connectivity index (χ3n) is 2.91. The number of hydrogen-bond donors (Lipinski definition) is 1. The van der Waals surface area contributed by atoms with Crippen molar-refractivity contribution in [2.45, 2.75) is 6.92 Å². The topological polar surface area (TPSA) is 33.6 Å². The van der Waals surface area contributed by atoms with Crippen LogP contribution in [-0.2, 0) is 4.74 Å². The summed E-state index contributed by atoms with van der Waals surface area (Å²) in [6, 6.07) is 6.18. The Kier molecular flexibility index (Phi) is 8.97. The highest BCUT2D eigenvalue weighted by Gasteiger charge is 2.01. The number of benzene rings is 1. The minimum absolute atomic E-state index is 0.279. The zero-order valence-corrected chi connectivity index (χ0v) is 15.4. The molecule has 0 aliphatic carbocycles. The van der Waals surface area contributed by atoms with E-state index < -0.39 is 0 Å². The molecular formula is C18H20ClFN2OS. The lowest BCUT2D eigenvalue weighted by atomic mass is 10.2. The number of nitrogens with zero attached hydrogens (tertiary/aromatic N) is 1. The first-order valence-electron chi connectivity index (χ1n) is 7.04. The van der Waals surface area contributed by atoms with Crippen LogP contribution in [0.4, 0.5) is 4.39 Å². The van der Waals surface area contributed by atoms with Crippen molar-refractivity contribution in [1.29, 1.82) is 0 Å². The van der Waals surface area contributed by atoms with E-state index in [0.717, 1.165) is 17.0 Å². The smallest absolute Gasteiger partial charge is 0.139 e. The predicted molar refractivity (Wildman–Crippen MR) is 103 cm³/mol. The number of aliphatic imine (C=N–C) groups is 1. The van der Waals surface area contributed by atoms with Gasteiger partial charge in [0.25, 0.3) is 0 Å². The second-order valence-corrected chi connectivity index (χ2v) is 5.72. The van der Waals surface area contributed by atoms with Gasteiger partial charge in [-0.3, -0.25) is 0 Å². The number of thioether (sulfide) groups is 1. The van der Waals surface area contributed by atoms with Crippen LogP contribution in [0.2, 0.25) is 0 Å². The lowest BCUT2D eigenvalue weighted by Crippen LogP contribution is -2.11. The van der Waals surface area contributed by atoms with Crippen molar-refractivity contribution in [3.8, 4) is 0 Å². The fourth-order valence-electron chi connectivity index (χ4n) is 1.68. The van der Waals surface area contributed by atoms with Gasteiger partial charge >= 0.3 is 0 Å². The summed E-state index contributed by atoms with van der Waals surface area (Å²) < 4.78 is 18.3. The molecule has 128 valence electrons. The van der Waals surface area contributed by atoms with Crippen LogP contribution in [0.15, 0.2) is 69.9 Å². The third-order valence-corrected chi connectivity index (χ3v) is 3.63. The Bertz CT molecular complexity index is 679. The molecule has 1 rings (SSSR count). The summed E-state index contributed by atoms with van der Waals surface area (Å²) in [5.41, 5.74) is 2.29. The Morgan fingerprint density at radius 1 is 1.38 bits per heavy atom. The van der Waals surface area contributed by atoms with Crippen LogP contribution in [0, 0.1) is 5.82 Å². The van der Waals surface area contributed by atoms with Crippen LogP contribution >= 0.6 is 23.4 Å². The predicted octanol–water partition coefficient (Wildman–Crippen LogP) is 5.29. The highest BCUT2D eigenvalue weighted by Crippen LogP contribution is 2.19. The summed E-state index contributed by atoms with van der Waals surface area (Å²) in [6.45, 7) is 5.43. The van der Waals surface area contributed by atoms with Gasteiger partial charge in [-0.1, -0.05) is 24.3 Å². The zero-order chi connectivity index (χ0) is 17.9. The van der Waals surface area contributed by atoms with Gasteiger partial charge in [-0.25, -0.2) is 9.38 Å². The molecule has 0 aromatic heterocycles. The van der Waals surface area contributed by atoms with Crippen LogP contribution in [0.1, 0.15) is 12.5 Å². The third kappa shape index (κ3) is 6.64. The number of nitrogens with one attached hydrogen (secondary N) is 1. The van der Waals surface area contributed by atoms with Crippen molar-refractivity contribution in [2.75, 3.05) is 13.4 Å². The SMILES string of the molecule is C=C/C(Cl)=C\C(OC)=C(/C)NC=N/C(=C\SC)c1ccc(F)cc1. The van der Waals surface area contributed by atoms with Gasteiger partial charge in [0.05, 0.1) is 24.8 Å². The van der Waals surface area contributed by atoms with E-state index in [1.165, 1.54) is 30.0 Å². The second kappa shape index (κ2) is 10.7. The Balaban J connectivity index is 2.94. The maximum atomic E-state index is 13.0. The van der Waals surface area contributed by atoms with Crippen LogP contribution in [-0.4, -0.2) is 19.7 Å². The van der Waals surface area contributed by atoms with E-state index in [1.807, 2.05) is 18.6 Å². The lowest BCUT2D eigenvalue weighted by molar-refractivity contribution is 0.300. The van der Waals surface area contributed by atoms with Crippen LogP contribution in [0.5, 0.6) is 0 Å². The molecule has 1 aromatic rings. The molecule has 0 amide bonds. The van der Waals surface area contributed by atoms with Crippen LogP contribution < -0.4 is 5.32 Å². The molecule has 0 aliphatic heterocycles. The molecule has 0 atom stereocenters. The van der Waals surface area contributed by atoms with Gasteiger partial charge in [-0.15, -0.1) is 11.8 Å². The van der Waals surface area contributed by atoms with Crippen molar-refractivity contribution in [1.82, 2.24) is 5.32 Å². The first-order valence-corrected chi connectivity index (χ1v) is 8.70. The van der Waals surface area contributed by atoms with Gasteiger partial charge in [0, 0.05) is 16.7 Å². The average molecular weight is 367 g/mol. The van der Waals surface area contributed by atoms with E-state index >= 15 is 0 Å². The number of rotatable bonds is 8. The minimum atomic E-state index is -0.279. The molecular weight excluding hydrogens is 347 g/mol. The first-order chi connectivity index (χ1) is 11.5. The highest BCUT2D eigenvalue weighted by atomic mass is 35.5. The van der Waals surface area contributed by atoms with Gasteiger partial charge in [-0.05, 0) is 42.9 Å². The second-order valence-electron chi connectivity index (χ2n) is 4.57. The van der Waals surface area contributed by atoms with E-state index in [2.05, 4.69) is 16.9 Å². The maximum Gasteiger partial charge on any atom is 0.139 e. The van der Waals surface area contributed by atoms with E-state index in [0.29, 0.717) is 10.8 Å². The molecule has 1 N–H and O–H groups in total. The van der Waals surface area contributed by atoms with Crippen molar-refractivity contribution < 1.29 is 9.13 Å². The van der Waals surface area contributed by atoms with Gasteiger partial charge in [0.1, 0.15) is 11.6 Å². The quantitative estimate of drug-likeness (QED) is 0.293. The minimum Gasteiger partial charge on any atom is -0.495 e. The van der Waals surface area contributed by atoms with Gasteiger partial charge in [0.15, 0.2) is 0 Å². The van der Waals surface area contributed by atoms with Gasteiger partial charge < -0.3 is 10.1 Å². The number of allylic oxidation sites excluding steroid dienone is 4. The summed E-state index contributed by atoms with van der Waals surface area (Å²) in [5.74, 6) is 0.294. The monoisotopic (exact) mass is 366 g/mol. The number of halogens is 2. The number of ether oxygens (including phenoxy) is 1. The molecule has 0 radical (unpaired) electrons. The van der Waals surface area contributed by atoms with E-state index in [1.54, 1.807) is 31.7 Å². The van der Waals surface area contributed by atoms with E-state index in [9.17, 15) is 4.39 Å². The molecule has 0 fully saturated rings. The average Bonchev–Trinajstić information content (AvgIpc) is 2.59. The number of methoxy groups -OCH3 is 1. The Morgan fingerprint density at radius 2 is 2.04 bits per heavy atom. The Labute approximate surface area is 151 Å². The fourth-order valence-corrected chi connectivity index (χ4v) is 2.20. The summed E-state index contributed by atoms with van der Waals surface area (Å²) in [7, 11) is 1.55. The Hall–Kier alpha value is -1.98. The maximum absolute atomic E-state index is 13.0. The standard InChI is InChI=1S/C18H20ClFN2OS/c1-5-15(19)10-18(23-3)13(2)21-12-22-17(11-24-4)14-6-8-16(20)9-7-14/h5-12H,1H2,2-4H3,(H,21,22)/b15-10+,17-11-,18-13-. The molecule has 0 bridgehead atoms. The molecule has 0 unspecified atom stereocenters. The molecule has 0 heterocycles. The molecule has 1 aromatic carbocycles.